The first-order valence-corrected chi connectivity index (χ1v) is 8.00. The van der Waals surface area contributed by atoms with Gasteiger partial charge in [-0.25, -0.2) is 12.8 Å². The van der Waals surface area contributed by atoms with Gasteiger partial charge in [-0.05, 0) is 25.0 Å². The van der Waals surface area contributed by atoms with Gasteiger partial charge in [0.25, 0.3) is 0 Å². The van der Waals surface area contributed by atoms with Crippen LogP contribution in [0.25, 0.3) is 0 Å². The maximum Gasteiger partial charge on any atom is 0.185 e. The largest absolute Gasteiger partial charge is 0.223 e. The van der Waals surface area contributed by atoms with Gasteiger partial charge in [0.2, 0.25) is 0 Å². The Balaban J connectivity index is 2.43. The molecule has 1 fully saturated rings. The highest BCUT2D eigenvalue weighted by atomic mass is 32.2. The van der Waals surface area contributed by atoms with Crippen LogP contribution < -0.4 is 0 Å². The van der Waals surface area contributed by atoms with E-state index >= 15 is 0 Å². The Labute approximate surface area is 113 Å². The zero-order valence-electron chi connectivity index (χ0n) is 10.5. The maximum absolute atomic E-state index is 13.7. The van der Waals surface area contributed by atoms with Crippen LogP contribution >= 0.6 is 0 Å². The molecule has 2 rings (SSSR count). The second kappa shape index (κ2) is 5.70. The number of sulfone groups is 1. The van der Waals surface area contributed by atoms with E-state index in [9.17, 15) is 12.8 Å². The summed E-state index contributed by atoms with van der Waals surface area (Å²) in [4.78, 5) is -0.276. The molecule has 1 aromatic rings. The zero-order valence-corrected chi connectivity index (χ0v) is 11.4. The van der Waals surface area contributed by atoms with E-state index in [1.807, 2.05) is 0 Å². The van der Waals surface area contributed by atoms with Gasteiger partial charge in [0.1, 0.15) is 10.7 Å². The van der Waals surface area contributed by atoms with Crippen molar-refractivity contribution in [2.24, 2.45) is 5.92 Å². The van der Waals surface area contributed by atoms with Gasteiger partial charge >= 0.3 is 0 Å². The normalized spacial score (nSPS) is 24.4. The molecular weight excluding hydrogens is 265 g/mol. The minimum Gasteiger partial charge on any atom is -0.223 e. The van der Waals surface area contributed by atoms with E-state index in [0.29, 0.717) is 12.8 Å². The van der Waals surface area contributed by atoms with Crippen molar-refractivity contribution < 1.29 is 12.8 Å². The molecule has 0 amide bonds. The highest BCUT2D eigenvalue weighted by Crippen LogP contribution is 2.32. The Morgan fingerprint density at radius 2 is 1.84 bits per heavy atom. The predicted octanol–water partition coefficient (Wildman–Crippen LogP) is 3.07. The Morgan fingerprint density at radius 1 is 1.16 bits per heavy atom. The number of hydrogen-bond donors (Lipinski definition) is 0. The summed E-state index contributed by atoms with van der Waals surface area (Å²) >= 11 is 0. The van der Waals surface area contributed by atoms with Crippen molar-refractivity contribution in [2.75, 3.05) is 0 Å². The van der Waals surface area contributed by atoms with Crippen LogP contribution in [0.3, 0.4) is 0 Å². The predicted molar refractivity (Wildman–Crippen MR) is 69.6 cm³/mol. The van der Waals surface area contributed by atoms with Crippen LogP contribution in [0.5, 0.6) is 0 Å². The molecule has 5 heteroatoms. The van der Waals surface area contributed by atoms with Gasteiger partial charge in [0.05, 0.1) is 17.2 Å². The molecule has 0 aliphatic heterocycles. The van der Waals surface area contributed by atoms with Crippen molar-refractivity contribution in [2.45, 2.75) is 42.2 Å². The molecule has 0 heterocycles. The average molecular weight is 281 g/mol. The minimum absolute atomic E-state index is 0.276. The third-order valence-corrected chi connectivity index (χ3v) is 5.97. The Kier molecular flexibility index (Phi) is 4.20. The van der Waals surface area contributed by atoms with Crippen LogP contribution in [-0.2, 0) is 9.84 Å². The first-order chi connectivity index (χ1) is 9.07. The standard InChI is InChI=1S/C14H16FNO2S/c15-12-7-4-5-9-14(12)19(17,18)13-8-3-1-2-6-11(13)10-16/h4-5,7,9,11,13H,1-3,6,8H2. The smallest absolute Gasteiger partial charge is 0.185 e. The quantitative estimate of drug-likeness (QED) is 0.783. The summed E-state index contributed by atoms with van der Waals surface area (Å²) in [5.74, 6) is -1.27. The van der Waals surface area contributed by atoms with E-state index in [1.165, 1.54) is 18.2 Å². The molecule has 19 heavy (non-hydrogen) atoms. The molecule has 1 aliphatic rings. The lowest BCUT2D eigenvalue weighted by Crippen LogP contribution is -2.29. The molecule has 3 nitrogen and oxygen atoms in total. The van der Waals surface area contributed by atoms with Crippen LogP contribution in [0.1, 0.15) is 32.1 Å². The Morgan fingerprint density at radius 3 is 2.53 bits per heavy atom. The summed E-state index contributed by atoms with van der Waals surface area (Å²) in [6, 6.07) is 7.48. The molecule has 1 aliphatic carbocycles. The van der Waals surface area contributed by atoms with Crippen molar-refractivity contribution in [3.8, 4) is 6.07 Å². The molecule has 0 N–H and O–H groups in total. The van der Waals surface area contributed by atoms with Crippen LogP contribution in [0.2, 0.25) is 0 Å². The number of nitrogens with zero attached hydrogens (tertiary/aromatic N) is 1. The molecular formula is C14H16FNO2S. The fraction of sp³-hybridized carbons (Fsp3) is 0.500. The molecule has 0 saturated heterocycles. The molecule has 2 unspecified atom stereocenters. The number of hydrogen-bond acceptors (Lipinski definition) is 3. The fourth-order valence-electron chi connectivity index (χ4n) is 2.63. The van der Waals surface area contributed by atoms with E-state index in [-0.39, 0.29) is 4.90 Å². The van der Waals surface area contributed by atoms with Gasteiger partial charge in [-0.15, -0.1) is 0 Å². The summed E-state index contributed by atoms with van der Waals surface area (Å²) in [7, 11) is -3.77. The first kappa shape index (κ1) is 14.0. The lowest BCUT2D eigenvalue weighted by molar-refractivity contribution is 0.514. The summed E-state index contributed by atoms with van der Waals surface area (Å²) in [5.41, 5.74) is 0. The van der Waals surface area contributed by atoms with Crippen LogP contribution in [0.4, 0.5) is 4.39 Å². The summed E-state index contributed by atoms with van der Waals surface area (Å²) < 4.78 is 38.8. The van der Waals surface area contributed by atoms with E-state index in [4.69, 9.17) is 5.26 Å². The van der Waals surface area contributed by atoms with Crippen molar-refractivity contribution in [3.63, 3.8) is 0 Å². The lowest BCUT2D eigenvalue weighted by Gasteiger charge is -2.20. The molecule has 102 valence electrons. The van der Waals surface area contributed by atoms with Gasteiger partial charge in [-0.1, -0.05) is 31.4 Å². The van der Waals surface area contributed by atoms with Crippen LogP contribution in [-0.4, -0.2) is 13.7 Å². The summed E-state index contributed by atoms with van der Waals surface area (Å²) in [6.45, 7) is 0. The molecule has 0 aromatic heterocycles. The molecule has 0 bridgehead atoms. The Bertz CT molecular complexity index is 592. The monoisotopic (exact) mass is 281 g/mol. The second-order valence-corrected chi connectivity index (χ2v) is 7.02. The fourth-order valence-corrected chi connectivity index (χ4v) is 4.67. The second-order valence-electron chi connectivity index (χ2n) is 4.89. The molecule has 2 atom stereocenters. The minimum atomic E-state index is -3.77. The summed E-state index contributed by atoms with van der Waals surface area (Å²) in [5, 5.41) is 8.38. The van der Waals surface area contributed by atoms with Gasteiger partial charge in [0, 0.05) is 0 Å². The van der Waals surface area contributed by atoms with Crippen molar-refractivity contribution >= 4 is 9.84 Å². The SMILES string of the molecule is N#CC1CCCCCC1S(=O)(=O)c1ccccc1F. The number of halogens is 1. The van der Waals surface area contributed by atoms with Crippen LogP contribution in [0, 0.1) is 23.1 Å². The van der Waals surface area contributed by atoms with Gasteiger partial charge < -0.3 is 0 Å². The zero-order chi connectivity index (χ0) is 13.9. The third kappa shape index (κ3) is 2.79. The average Bonchev–Trinajstić information content (AvgIpc) is 2.64. The molecule has 1 aromatic carbocycles. The molecule has 1 saturated carbocycles. The lowest BCUT2D eigenvalue weighted by atomic mass is 10.0. The first-order valence-electron chi connectivity index (χ1n) is 6.45. The summed E-state index contributed by atoms with van der Waals surface area (Å²) in [6.07, 6.45) is 3.59. The highest BCUT2D eigenvalue weighted by Gasteiger charge is 2.36. The topological polar surface area (TPSA) is 57.9 Å². The third-order valence-electron chi connectivity index (χ3n) is 3.66. The maximum atomic E-state index is 13.7. The van der Waals surface area contributed by atoms with Crippen molar-refractivity contribution in [1.82, 2.24) is 0 Å². The van der Waals surface area contributed by atoms with Gasteiger partial charge in [-0.3, -0.25) is 0 Å². The highest BCUT2D eigenvalue weighted by molar-refractivity contribution is 7.92. The van der Waals surface area contributed by atoms with Gasteiger partial charge in [0.15, 0.2) is 9.84 Å². The van der Waals surface area contributed by atoms with Gasteiger partial charge in [-0.2, -0.15) is 5.26 Å². The van der Waals surface area contributed by atoms with E-state index < -0.39 is 26.8 Å². The van der Waals surface area contributed by atoms with E-state index in [1.54, 1.807) is 0 Å². The number of rotatable bonds is 2. The molecule has 0 spiro atoms. The number of benzene rings is 1. The van der Waals surface area contributed by atoms with E-state index in [2.05, 4.69) is 6.07 Å². The number of nitriles is 1. The van der Waals surface area contributed by atoms with Crippen molar-refractivity contribution in [1.29, 1.82) is 5.26 Å². The molecule has 0 radical (unpaired) electrons. The van der Waals surface area contributed by atoms with Crippen LogP contribution in [0.15, 0.2) is 29.2 Å². The Hall–Kier alpha value is -1.41. The van der Waals surface area contributed by atoms with Crippen molar-refractivity contribution in [3.05, 3.63) is 30.1 Å². The van der Waals surface area contributed by atoms with E-state index in [0.717, 1.165) is 25.3 Å².